The Balaban J connectivity index is 2.27. The first-order chi connectivity index (χ1) is 5.33. The normalized spacial score (nSPS) is 10.4. The molecule has 1 N–H and O–H groups in total. The van der Waals surface area contributed by atoms with E-state index in [-0.39, 0.29) is 0 Å². The van der Waals surface area contributed by atoms with E-state index >= 15 is 0 Å². The standard InChI is InChI=1S/C7H10ClNOS/c1-2-10-9-5-6-3-4-7(8)11-6/h3-4,9H,2,5H2,1H3. The maximum Gasteiger partial charge on any atom is 0.0931 e. The highest BCUT2D eigenvalue weighted by Gasteiger charge is 1.95. The second-order valence-electron chi connectivity index (χ2n) is 1.96. The highest BCUT2D eigenvalue weighted by atomic mass is 35.5. The molecule has 0 spiro atoms. The van der Waals surface area contributed by atoms with Gasteiger partial charge in [-0.2, -0.15) is 5.48 Å². The summed E-state index contributed by atoms with van der Waals surface area (Å²) in [6, 6.07) is 3.87. The van der Waals surface area contributed by atoms with Crippen LogP contribution in [0.3, 0.4) is 0 Å². The SMILES string of the molecule is CCONCc1ccc(Cl)s1. The topological polar surface area (TPSA) is 21.3 Å². The molecule has 4 heteroatoms. The van der Waals surface area contributed by atoms with Crippen molar-refractivity contribution >= 4 is 22.9 Å². The molecule has 0 radical (unpaired) electrons. The third-order valence-corrected chi connectivity index (χ3v) is 2.35. The van der Waals surface area contributed by atoms with E-state index in [4.69, 9.17) is 16.4 Å². The molecule has 0 fully saturated rings. The van der Waals surface area contributed by atoms with Crippen molar-refractivity contribution in [2.75, 3.05) is 6.61 Å². The maximum absolute atomic E-state index is 5.72. The Bertz CT molecular complexity index is 214. The van der Waals surface area contributed by atoms with Crippen LogP contribution in [-0.2, 0) is 11.4 Å². The van der Waals surface area contributed by atoms with Crippen LogP contribution in [0.4, 0.5) is 0 Å². The molecule has 2 nitrogen and oxygen atoms in total. The van der Waals surface area contributed by atoms with E-state index in [0.29, 0.717) is 6.61 Å². The first kappa shape index (κ1) is 9.00. The average Bonchev–Trinajstić information content (AvgIpc) is 2.37. The summed E-state index contributed by atoms with van der Waals surface area (Å²) in [4.78, 5) is 6.14. The second-order valence-corrected chi connectivity index (χ2v) is 3.76. The molecular weight excluding hydrogens is 182 g/mol. The van der Waals surface area contributed by atoms with Crippen molar-refractivity contribution in [2.24, 2.45) is 0 Å². The van der Waals surface area contributed by atoms with E-state index in [1.165, 1.54) is 4.88 Å². The molecule has 62 valence electrons. The van der Waals surface area contributed by atoms with Gasteiger partial charge >= 0.3 is 0 Å². The summed E-state index contributed by atoms with van der Waals surface area (Å²) in [5, 5.41) is 0. The van der Waals surface area contributed by atoms with Crippen LogP contribution < -0.4 is 5.48 Å². The van der Waals surface area contributed by atoms with Crippen LogP contribution in [0.5, 0.6) is 0 Å². The summed E-state index contributed by atoms with van der Waals surface area (Å²) in [7, 11) is 0. The summed E-state index contributed by atoms with van der Waals surface area (Å²) >= 11 is 7.28. The Kier molecular flexibility index (Phi) is 3.86. The van der Waals surface area contributed by atoms with Crippen molar-refractivity contribution in [3.05, 3.63) is 21.3 Å². The van der Waals surface area contributed by atoms with Gasteiger partial charge in [0.1, 0.15) is 0 Å². The van der Waals surface area contributed by atoms with Crippen molar-refractivity contribution in [3.63, 3.8) is 0 Å². The van der Waals surface area contributed by atoms with Gasteiger partial charge in [0.2, 0.25) is 0 Å². The summed E-state index contributed by atoms with van der Waals surface area (Å²) in [6.07, 6.45) is 0. The van der Waals surface area contributed by atoms with Gasteiger partial charge in [0.15, 0.2) is 0 Å². The number of nitrogens with one attached hydrogen (secondary N) is 1. The van der Waals surface area contributed by atoms with Gasteiger partial charge in [-0.15, -0.1) is 11.3 Å². The Labute approximate surface area is 75.1 Å². The van der Waals surface area contributed by atoms with Gasteiger partial charge < -0.3 is 4.84 Å². The lowest BCUT2D eigenvalue weighted by Gasteiger charge is -1.99. The number of hydrogen-bond acceptors (Lipinski definition) is 3. The number of rotatable bonds is 4. The molecule has 0 saturated carbocycles. The zero-order chi connectivity index (χ0) is 8.10. The first-order valence-corrected chi connectivity index (χ1v) is 4.61. The molecule has 1 aromatic rings. The Morgan fingerprint density at radius 3 is 3.00 bits per heavy atom. The molecule has 0 amide bonds. The van der Waals surface area contributed by atoms with Crippen LogP contribution >= 0.6 is 22.9 Å². The van der Waals surface area contributed by atoms with E-state index in [1.54, 1.807) is 11.3 Å². The predicted octanol–water partition coefficient (Wildman–Crippen LogP) is 2.44. The minimum Gasteiger partial charge on any atom is -0.302 e. The largest absolute Gasteiger partial charge is 0.302 e. The van der Waals surface area contributed by atoms with Crippen molar-refractivity contribution in [1.29, 1.82) is 0 Å². The molecule has 1 heterocycles. The molecule has 0 aliphatic rings. The monoisotopic (exact) mass is 191 g/mol. The minimum atomic E-state index is 0.680. The molecule has 0 saturated heterocycles. The van der Waals surface area contributed by atoms with Crippen LogP contribution in [0.15, 0.2) is 12.1 Å². The smallest absolute Gasteiger partial charge is 0.0931 e. The lowest BCUT2D eigenvalue weighted by molar-refractivity contribution is 0.0469. The quantitative estimate of drug-likeness (QED) is 0.583. The van der Waals surface area contributed by atoms with E-state index in [9.17, 15) is 0 Å². The average molecular weight is 192 g/mol. The molecule has 0 aliphatic heterocycles. The van der Waals surface area contributed by atoms with Crippen molar-refractivity contribution < 1.29 is 4.84 Å². The Hall–Kier alpha value is -0.0900. The van der Waals surface area contributed by atoms with Crippen LogP contribution in [0.1, 0.15) is 11.8 Å². The Morgan fingerprint density at radius 2 is 2.45 bits per heavy atom. The van der Waals surface area contributed by atoms with Gasteiger partial charge in [-0.1, -0.05) is 11.6 Å². The van der Waals surface area contributed by atoms with E-state index < -0.39 is 0 Å². The summed E-state index contributed by atoms with van der Waals surface area (Å²) < 4.78 is 0.818. The van der Waals surface area contributed by atoms with E-state index in [1.807, 2.05) is 19.1 Å². The lowest BCUT2D eigenvalue weighted by atomic mass is 10.5. The van der Waals surface area contributed by atoms with E-state index in [0.717, 1.165) is 10.9 Å². The van der Waals surface area contributed by atoms with Crippen LogP contribution in [-0.4, -0.2) is 6.61 Å². The summed E-state index contributed by atoms with van der Waals surface area (Å²) in [6.45, 7) is 3.35. The molecule has 0 aromatic carbocycles. The van der Waals surface area contributed by atoms with Crippen molar-refractivity contribution in [3.8, 4) is 0 Å². The van der Waals surface area contributed by atoms with Gasteiger partial charge in [0.25, 0.3) is 0 Å². The molecular formula is C7H10ClNOS. The van der Waals surface area contributed by atoms with Gasteiger partial charge in [0.05, 0.1) is 17.5 Å². The fraction of sp³-hybridized carbons (Fsp3) is 0.429. The third kappa shape index (κ3) is 3.20. The zero-order valence-electron chi connectivity index (χ0n) is 6.26. The molecule has 11 heavy (non-hydrogen) atoms. The number of halogens is 1. The zero-order valence-corrected chi connectivity index (χ0v) is 7.84. The van der Waals surface area contributed by atoms with Crippen LogP contribution in [0.25, 0.3) is 0 Å². The molecule has 0 atom stereocenters. The molecule has 0 aliphatic carbocycles. The van der Waals surface area contributed by atoms with Gasteiger partial charge in [-0.05, 0) is 19.1 Å². The second kappa shape index (κ2) is 4.72. The van der Waals surface area contributed by atoms with E-state index in [2.05, 4.69) is 5.48 Å². The molecule has 0 unspecified atom stereocenters. The summed E-state index contributed by atoms with van der Waals surface area (Å²) in [5.74, 6) is 0. The third-order valence-electron chi connectivity index (χ3n) is 1.12. The minimum absolute atomic E-state index is 0.680. The van der Waals surface area contributed by atoms with Gasteiger partial charge in [-0.3, -0.25) is 0 Å². The summed E-state index contributed by atoms with van der Waals surface area (Å²) in [5.41, 5.74) is 2.82. The van der Waals surface area contributed by atoms with Crippen LogP contribution in [0, 0.1) is 0 Å². The van der Waals surface area contributed by atoms with Crippen molar-refractivity contribution in [1.82, 2.24) is 5.48 Å². The number of hydrogen-bond donors (Lipinski definition) is 1. The van der Waals surface area contributed by atoms with Crippen molar-refractivity contribution in [2.45, 2.75) is 13.5 Å². The Morgan fingerprint density at radius 1 is 1.64 bits per heavy atom. The lowest BCUT2D eigenvalue weighted by Crippen LogP contribution is -2.12. The predicted molar refractivity (Wildman–Crippen MR) is 47.8 cm³/mol. The van der Waals surface area contributed by atoms with Gasteiger partial charge in [-0.25, -0.2) is 0 Å². The van der Waals surface area contributed by atoms with Gasteiger partial charge in [0, 0.05) is 4.88 Å². The highest BCUT2D eigenvalue weighted by Crippen LogP contribution is 2.20. The number of thiophene rings is 1. The molecule has 1 aromatic heterocycles. The first-order valence-electron chi connectivity index (χ1n) is 3.41. The number of hydroxylamine groups is 1. The fourth-order valence-electron chi connectivity index (χ4n) is 0.671. The molecule has 0 bridgehead atoms. The highest BCUT2D eigenvalue weighted by molar-refractivity contribution is 7.16. The fourth-order valence-corrected chi connectivity index (χ4v) is 1.68. The van der Waals surface area contributed by atoms with Crippen LogP contribution in [0.2, 0.25) is 4.34 Å². The molecule has 1 rings (SSSR count). The maximum atomic E-state index is 5.72.